The number of nitriles is 1. The van der Waals surface area contributed by atoms with Crippen molar-refractivity contribution in [3.05, 3.63) is 11.8 Å². The molecule has 0 heterocycles. The van der Waals surface area contributed by atoms with Crippen LogP contribution >= 0.6 is 0 Å². The largest absolute Gasteiger partial charge is 0.451 e. The number of nitrogens with zero attached hydrogens (tertiary/aromatic N) is 3. The molecule has 0 aliphatic carbocycles. The molecule has 0 aromatic rings. The van der Waals surface area contributed by atoms with Crippen molar-refractivity contribution in [1.82, 2.24) is 0 Å². The maximum atomic E-state index is 12.1. The number of halogens is 3. The van der Waals surface area contributed by atoms with Crippen molar-refractivity contribution in [3.8, 4) is 6.07 Å². The summed E-state index contributed by atoms with van der Waals surface area (Å²) in [7, 11) is 0. The molecule has 0 spiro atoms. The van der Waals surface area contributed by atoms with Gasteiger partial charge in [0.2, 0.25) is 5.84 Å². The van der Waals surface area contributed by atoms with Gasteiger partial charge in [0.05, 0.1) is 18.2 Å². The molecule has 0 saturated heterocycles. The minimum atomic E-state index is -4.63. The number of aliphatic imine (C=N–C) groups is 2. The standard InChI is InChI=1S/C8H8F3N3/c1-3-6(4-5-12)14-7(13-2)8(9,10)11/h3H,2,4H2,1H3/b6-3-,14-7-. The zero-order chi connectivity index (χ0) is 11.2. The van der Waals surface area contributed by atoms with Crippen molar-refractivity contribution in [2.24, 2.45) is 9.98 Å². The fourth-order valence-electron chi connectivity index (χ4n) is 0.612. The molecular formula is C8H8F3N3. The highest BCUT2D eigenvalue weighted by Gasteiger charge is 2.35. The molecule has 0 aliphatic rings. The fraction of sp³-hybridized carbons (Fsp3) is 0.375. The second-order valence-electron chi connectivity index (χ2n) is 2.21. The molecule has 0 fully saturated rings. The van der Waals surface area contributed by atoms with E-state index in [1.165, 1.54) is 13.0 Å². The van der Waals surface area contributed by atoms with Gasteiger partial charge in [0, 0.05) is 0 Å². The third kappa shape index (κ3) is 3.85. The van der Waals surface area contributed by atoms with E-state index < -0.39 is 12.0 Å². The van der Waals surface area contributed by atoms with Crippen LogP contribution in [0.5, 0.6) is 0 Å². The first-order valence-corrected chi connectivity index (χ1v) is 3.60. The van der Waals surface area contributed by atoms with E-state index in [2.05, 4.69) is 16.7 Å². The molecule has 0 unspecified atom stereocenters. The zero-order valence-corrected chi connectivity index (χ0v) is 7.47. The van der Waals surface area contributed by atoms with Crippen LogP contribution in [0.1, 0.15) is 13.3 Å². The maximum Gasteiger partial charge on any atom is 0.451 e. The zero-order valence-electron chi connectivity index (χ0n) is 7.47. The van der Waals surface area contributed by atoms with Crippen LogP contribution in [0.25, 0.3) is 0 Å². The molecule has 0 rings (SSSR count). The van der Waals surface area contributed by atoms with Crippen molar-refractivity contribution in [1.29, 1.82) is 5.26 Å². The van der Waals surface area contributed by atoms with Gasteiger partial charge in [-0.05, 0) is 13.6 Å². The molecule has 14 heavy (non-hydrogen) atoms. The highest BCUT2D eigenvalue weighted by atomic mass is 19.4. The van der Waals surface area contributed by atoms with E-state index in [1.807, 2.05) is 0 Å². The van der Waals surface area contributed by atoms with Crippen LogP contribution in [0, 0.1) is 11.3 Å². The van der Waals surface area contributed by atoms with Crippen molar-refractivity contribution < 1.29 is 13.2 Å². The smallest absolute Gasteiger partial charge is 0.241 e. The van der Waals surface area contributed by atoms with E-state index in [1.54, 1.807) is 6.07 Å². The van der Waals surface area contributed by atoms with Crippen LogP contribution < -0.4 is 0 Å². The van der Waals surface area contributed by atoms with E-state index in [-0.39, 0.29) is 12.1 Å². The molecule has 0 amide bonds. The summed E-state index contributed by atoms with van der Waals surface area (Å²) in [6.45, 7) is 4.26. The van der Waals surface area contributed by atoms with E-state index in [0.29, 0.717) is 0 Å². The first kappa shape index (κ1) is 12.4. The summed E-state index contributed by atoms with van der Waals surface area (Å²) >= 11 is 0. The lowest BCUT2D eigenvalue weighted by molar-refractivity contribution is -0.0596. The number of alkyl halides is 3. The summed E-state index contributed by atoms with van der Waals surface area (Å²) in [6.07, 6.45) is -3.50. The predicted octanol–water partition coefficient (Wildman–Crippen LogP) is 2.47. The SMILES string of the molecule is C=N/C(=N\C(=C/C)CC#N)C(F)(F)F. The first-order chi connectivity index (χ1) is 6.45. The Kier molecular flexibility index (Phi) is 4.56. The van der Waals surface area contributed by atoms with Crippen LogP contribution in [0.2, 0.25) is 0 Å². The van der Waals surface area contributed by atoms with Crippen LogP contribution in [0.15, 0.2) is 21.8 Å². The predicted molar refractivity (Wildman–Crippen MR) is 47.0 cm³/mol. The van der Waals surface area contributed by atoms with Crippen molar-refractivity contribution >= 4 is 12.6 Å². The van der Waals surface area contributed by atoms with E-state index >= 15 is 0 Å². The highest BCUT2D eigenvalue weighted by Crippen LogP contribution is 2.19. The third-order valence-electron chi connectivity index (χ3n) is 1.25. The number of allylic oxidation sites excluding steroid dienone is 2. The quantitative estimate of drug-likeness (QED) is 0.502. The molecule has 0 radical (unpaired) electrons. The number of hydrogen-bond donors (Lipinski definition) is 0. The van der Waals surface area contributed by atoms with Crippen LogP contribution in [0.3, 0.4) is 0 Å². The van der Waals surface area contributed by atoms with Crippen LogP contribution in [-0.2, 0) is 0 Å². The summed E-state index contributed by atoms with van der Waals surface area (Å²) in [5.41, 5.74) is 0.0206. The van der Waals surface area contributed by atoms with Crippen molar-refractivity contribution in [2.45, 2.75) is 19.5 Å². The number of amidine groups is 1. The Balaban J connectivity index is 4.95. The van der Waals surface area contributed by atoms with Crippen molar-refractivity contribution in [3.63, 3.8) is 0 Å². The van der Waals surface area contributed by atoms with Gasteiger partial charge in [0.1, 0.15) is 0 Å². The average molecular weight is 203 g/mol. The Labute approximate surface area is 79.3 Å². The van der Waals surface area contributed by atoms with Gasteiger partial charge in [-0.3, -0.25) is 0 Å². The minimum absolute atomic E-state index is 0.0206. The molecule has 0 atom stereocenters. The van der Waals surface area contributed by atoms with E-state index in [9.17, 15) is 13.2 Å². The lowest BCUT2D eigenvalue weighted by Gasteiger charge is -2.04. The first-order valence-electron chi connectivity index (χ1n) is 3.60. The summed E-state index contributed by atoms with van der Waals surface area (Å²) in [6, 6.07) is 1.69. The molecule has 0 aliphatic heterocycles. The van der Waals surface area contributed by atoms with Crippen molar-refractivity contribution in [2.75, 3.05) is 0 Å². The maximum absolute atomic E-state index is 12.1. The minimum Gasteiger partial charge on any atom is -0.241 e. The molecule has 0 aromatic heterocycles. The third-order valence-corrected chi connectivity index (χ3v) is 1.25. The summed E-state index contributed by atoms with van der Waals surface area (Å²) in [4.78, 5) is 5.93. The topological polar surface area (TPSA) is 48.5 Å². The Bertz CT molecular complexity index is 307. The molecule has 3 nitrogen and oxygen atoms in total. The molecule has 76 valence electrons. The molecule has 0 N–H and O–H groups in total. The summed E-state index contributed by atoms with van der Waals surface area (Å²) in [5, 5.41) is 8.27. The van der Waals surface area contributed by atoms with Gasteiger partial charge < -0.3 is 0 Å². The summed E-state index contributed by atoms with van der Waals surface area (Å²) in [5.74, 6) is -1.33. The monoisotopic (exact) mass is 203 g/mol. The Hall–Kier alpha value is -1.64. The Morgan fingerprint density at radius 1 is 1.57 bits per heavy atom. The van der Waals surface area contributed by atoms with Gasteiger partial charge >= 0.3 is 6.18 Å². The molecule has 0 bridgehead atoms. The average Bonchev–Trinajstić information content (AvgIpc) is 2.10. The summed E-state index contributed by atoms with van der Waals surface area (Å²) < 4.78 is 36.2. The molecule has 0 saturated carbocycles. The van der Waals surface area contributed by atoms with E-state index in [4.69, 9.17) is 5.26 Å². The van der Waals surface area contributed by atoms with Gasteiger partial charge in [-0.1, -0.05) is 6.08 Å². The van der Waals surface area contributed by atoms with Gasteiger partial charge in [0.15, 0.2) is 0 Å². The normalized spacial score (nSPS) is 13.6. The van der Waals surface area contributed by atoms with Gasteiger partial charge in [-0.2, -0.15) is 18.4 Å². The second kappa shape index (κ2) is 5.17. The van der Waals surface area contributed by atoms with Crippen LogP contribution in [-0.4, -0.2) is 18.7 Å². The second-order valence-corrected chi connectivity index (χ2v) is 2.21. The lowest BCUT2D eigenvalue weighted by Crippen LogP contribution is -2.20. The highest BCUT2D eigenvalue weighted by molar-refractivity contribution is 5.91. The number of hydrogen-bond acceptors (Lipinski definition) is 2. The molecule has 6 heteroatoms. The fourth-order valence-corrected chi connectivity index (χ4v) is 0.612. The van der Waals surface area contributed by atoms with Gasteiger partial charge in [0.25, 0.3) is 0 Å². The Morgan fingerprint density at radius 2 is 2.14 bits per heavy atom. The van der Waals surface area contributed by atoms with Gasteiger partial charge in [-0.25, -0.2) is 9.98 Å². The molecular weight excluding hydrogens is 195 g/mol. The Morgan fingerprint density at radius 3 is 2.43 bits per heavy atom. The number of rotatable bonds is 2. The van der Waals surface area contributed by atoms with E-state index in [0.717, 1.165) is 0 Å². The molecule has 0 aromatic carbocycles. The van der Waals surface area contributed by atoms with Crippen LogP contribution in [0.4, 0.5) is 13.2 Å². The lowest BCUT2D eigenvalue weighted by atomic mass is 10.3. The van der Waals surface area contributed by atoms with Gasteiger partial charge in [-0.15, -0.1) is 0 Å².